The van der Waals surface area contributed by atoms with Crippen LogP contribution in [-0.4, -0.2) is 50.9 Å². The molecule has 1 N–H and O–H groups in total. The van der Waals surface area contributed by atoms with Gasteiger partial charge >= 0.3 is 0 Å². The molecule has 0 saturated heterocycles. The maximum atomic E-state index is 14.0. The first kappa shape index (κ1) is 32.4. The minimum Gasteiger partial charge on any atom is -0.494 e. The molecule has 41 heavy (non-hydrogen) atoms. The lowest BCUT2D eigenvalue weighted by Gasteiger charge is -2.32. The Balaban J connectivity index is 2.01. The van der Waals surface area contributed by atoms with Gasteiger partial charge in [-0.25, -0.2) is 8.42 Å². The minimum absolute atomic E-state index is 0.0224. The van der Waals surface area contributed by atoms with Crippen molar-refractivity contribution in [3.05, 3.63) is 87.9 Å². The highest BCUT2D eigenvalue weighted by molar-refractivity contribution is 9.10. The van der Waals surface area contributed by atoms with Crippen LogP contribution in [0.25, 0.3) is 0 Å². The van der Waals surface area contributed by atoms with Gasteiger partial charge < -0.3 is 15.0 Å². The van der Waals surface area contributed by atoms with Crippen molar-refractivity contribution >= 4 is 55.1 Å². The van der Waals surface area contributed by atoms with Gasteiger partial charge in [-0.1, -0.05) is 53.5 Å². The van der Waals surface area contributed by atoms with Crippen LogP contribution in [0.3, 0.4) is 0 Å². The summed E-state index contributed by atoms with van der Waals surface area (Å²) < 4.78 is 35.2. The Morgan fingerprint density at radius 3 is 2.12 bits per heavy atom. The zero-order valence-corrected chi connectivity index (χ0v) is 26.7. The Bertz CT molecular complexity index is 1420. The van der Waals surface area contributed by atoms with E-state index in [1.165, 1.54) is 29.2 Å². The van der Waals surface area contributed by atoms with E-state index < -0.39 is 28.5 Å². The number of nitrogens with one attached hydrogen (secondary N) is 1. The van der Waals surface area contributed by atoms with Crippen molar-refractivity contribution in [3.8, 4) is 5.75 Å². The first-order valence-corrected chi connectivity index (χ1v) is 15.9. The van der Waals surface area contributed by atoms with Gasteiger partial charge in [0.05, 0.1) is 17.2 Å². The molecule has 2 amide bonds. The second-order valence-corrected chi connectivity index (χ2v) is 13.1. The smallest absolute Gasteiger partial charge is 0.264 e. The van der Waals surface area contributed by atoms with Crippen molar-refractivity contribution < 1.29 is 22.7 Å². The summed E-state index contributed by atoms with van der Waals surface area (Å²) in [6.07, 6.45) is 0. The highest BCUT2D eigenvalue weighted by Crippen LogP contribution is 2.27. The SMILES string of the molecule is CCOc1ccc(N(CC(=O)N(Cc2ccc(Br)cc2)C(C)C(=O)NCC(C)C)S(=O)(=O)c2ccc(Cl)cc2)cc1. The van der Waals surface area contributed by atoms with E-state index in [4.69, 9.17) is 16.3 Å². The van der Waals surface area contributed by atoms with Gasteiger partial charge in [-0.3, -0.25) is 13.9 Å². The molecule has 0 aromatic heterocycles. The monoisotopic (exact) mass is 663 g/mol. The Morgan fingerprint density at radius 1 is 0.951 bits per heavy atom. The molecule has 0 saturated carbocycles. The van der Waals surface area contributed by atoms with Crippen molar-refractivity contribution in [2.24, 2.45) is 5.92 Å². The topological polar surface area (TPSA) is 96.0 Å². The number of rotatable bonds is 13. The number of carbonyl (C=O) groups is 2. The van der Waals surface area contributed by atoms with E-state index >= 15 is 0 Å². The molecule has 0 aliphatic heterocycles. The first-order valence-electron chi connectivity index (χ1n) is 13.2. The van der Waals surface area contributed by atoms with Crippen LogP contribution < -0.4 is 14.4 Å². The molecule has 11 heteroatoms. The van der Waals surface area contributed by atoms with E-state index in [2.05, 4.69) is 21.2 Å². The summed E-state index contributed by atoms with van der Waals surface area (Å²) in [5, 5.41) is 3.26. The number of hydrogen-bond donors (Lipinski definition) is 1. The van der Waals surface area contributed by atoms with E-state index in [9.17, 15) is 18.0 Å². The second-order valence-electron chi connectivity index (χ2n) is 9.86. The summed E-state index contributed by atoms with van der Waals surface area (Å²) in [5.74, 6) is -0.0657. The lowest BCUT2D eigenvalue weighted by atomic mass is 10.1. The molecule has 220 valence electrons. The summed E-state index contributed by atoms with van der Waals surface area (Å²) in [5.41, 5.74) is 1.07. The third-order valence-corrected chi connectivity index (χ3v) is 8.80. The van der Waals surface area contributed by atoms with Gasteiger partial charge in [0.1, 0.15) is 18.3 Å². The number of hydrogen-bond acceptors (Lipinski definition) is 5. The number of amides is 2. The number of sulfonamides is 1. The zero-order chi connectivity index (χ0) is 30.2. The second kappa shape index (κ2) is 14.7. The van der Waals surface area contributed by atoms with Gasteiger partial charge in [0, 0.05) is 22.6 Å². The number of benzene rings is 3. The van der Waals surface area contributed by atoms with Crippen LogP contribution in [-0.2, 0) is 26.2 Å². The van der Waals surface area contributed by atoms with Gasteiger partial charge in [0.2, 0.25) is 11.8 Å². The van der Waals surface area contributed by atoms with E-state index in [0.29, 0.717) is 23.9 Å². The number of halogens is 2. The standard InChI is InChI=1S/C30H35BrClN3O5S/c1-5-40-27-14-12-26(13-15-27)35(41(38,39)28-16-10-25(32)11-17-28)20-29(36)34(19-23-6-8-24(31)9-7-23)22(4)30(37)33-18-21(2)3/h6-17,21-22H,5,18-20H2,1-4H3,(H,33,37). The van der Waals surface area contributed by atoms with Gasteiger partial charge in [0.25, 0.3) is 10.0 Å². The molecule has 0 radical (unpaired) electrons. The number of nitrogens with zero attached hydrogens (tertiary/aromatic N) is 2. The highest BCUT2D eigenvalue weighted by Gasteiger charge is 2.32. The molecule has 0 fully saturated rings. The normalized spacial score (nSPS) is 12.1. The quantitative estimate of drug-likeness (QED) is 0.246. The van der Waals surface area contributed by atoms with Crippen LogP contribution in [0, 0.1) is 5.92 Å². The van der Waals surface area contributed by atoms with Gasteiger partial charge in [-0.15, -0.1) is 0 Å². The lowest BCUT2D eigenvalue weighted by Crippen LogP contribution is -2.51. The Morgan fingerprint density at radius 2 is 1.56 bits per heavy atom. The average molecular weight is 665 g/mol. The number of ether oxygens (including phenoxy) is 1. The van der Waals surface area contributed by atoms with Crippen molar-refractivity contribution in [1.29, 1.82) is 0 Å². The fraction of sp³-hybridized carbons (Fsp3) is 0.333. The van der Waals surface area contributed by atoms with Crippen molar-refractivity contribution in [2.45, 2.75) is 45.2 Å². The van der Waals surface area contributed by atoms with Crippen LogP contribution >= 0.6 is 27.5 Å². The molecular formula is C30H35BrClN3O5S. The maximum absolute atomic E-state index is 14.0. The fourth-order valence-corrected chi connectivity index (χ4v) is 5.76. The average Bonchev–Trinajstić information content (AvgIpc) is 2.94. The first-order chi connectivity index (χ1) is 19.4. The third-order valence-electron chi connectivity index (χ3n) is 6.23. The van der Waals surface area contributed by atoms with Crippen molar-refractivity contribution in [2.75, 3.05) is 24.0 Å². The molecule has 3 aromatic carbocycles. The molecule has 8 nitrogen and oxygen atoms in total. The molecule has 3 aromatic rings. The summed E-state index contributed by atoms with van der Waals surface area (Å²) in [6, 6.07) is 18.7. The number of anilines is 1. The predicted molar refractivity (Wildman–Crippen MR) is 166 cm³/mol. The largest absolute Gasteiger partial charge is 0.494 e. The molecular weight excluding hydrogens is 630 g/mol. The Labute approximate surface area is 255 Å². The van der Waals surface area contributed by atoms with Crippen LogP contribution in [0.4, 0.5) is 5.69 Å². The molecule has 0 aliphatic carbocycles. The summed E-state index contributed by atoms with van der Waals surface area (Å²) >= 11 is 9.42. The summed E-state index contributed by atoms with van der Waals surface area (Å²) in [4.78, 5) is 28.4. The van der Waals surface area contributed by atoms with Crippen LogP contribution in [0.5, 0.6) is 5.75 Å². The van der Waals surface area contributed by atoms with E-state index in [1.807, 2.05) is 45.0 Å². The summed E-state index contributed by atoms with van der Waals surface area (Å²) in [7, 11) is -4.19. The maximum Gasteiger partial charge on any atom is 0.264 e. The fourth-order valence-electron chi connectivity index (χ4n) is 3.96. The Kier molecular flexibility index (Phi) is 11.6. The molecule has 3 rings (SSSR count). The molecule has 1 atom stereocenters. The van der Waals surface area contributed by atoms with Crippen molar-refractivity contribution in [3.63, 3.8) is 0 Å². The third kappa shape index (κ3) is 8.95. The highest BCUT2D eigenvalue weighted by atomic mass is 79.9. The Hall–Kier alpha value is -3.08. The lowest BCUT2D eigenvalue weighted by molar-refractivity contribution is -0.139. The molecule has 0 heterocycles. The van der Waals surface area contributed by atoms with Gasteiger partial charge in [-0.05, 0) is 86.0 Å². The van der Waals surface area contributed by atoms with Crippen LogP contribution in [0.1, 0.15) is 33.3 Å². The van der Waals surface area contributed by atoms with Gasteiger partial charge in [0.15, 0.2) is 0 Å². The molecule has 0 bridgehead atoms. The number of carbonyl (C=O) groups excluding carboxylic acids is 2. The molecule has 0 spiro atoms. The molecule has 0 aliphatic rings. The van der Waals surface area contributed by atoms with Crippen molar-refractivity contribution in [1.82, 2.24) is 10.2 Å². The minimum atomic E-state index is -4.19. The van der Waals surface area contributed by atoms with Gasteiger partial charge in [-0.2, -0.15) is 0 Å². The molecule has 1 unspecified atom stereocenters. The van der Waals surface area contributed by atoms with E-state index in [-0.39, 0.29) is 29.0 Å². The zero-order valence-electron chi connectivity index (χ0n) is 23.5. The summed E-state index contributed by atoms with van der Waals surface area (Å²) in [6.45, 7) is 7.93. The van der Waals surface area contributed by atoms with E-state index in [1.54, 1.807) is 31.2 Å². The van der Waals surface area contributed by atoms with Crippen LogP contribution in [0.2, 0.25) is 5.02 Å². The van der Waals surface area contributed by atoms with Crippen LogP contribution in [0.15, 0.2) is 82.2 Å². The predicted octanol–water partition coefficient (Wildman–Crippen LogP) is 5.89. The van der Waals surface area contributed by atoms with E-state index in [0.717, 1.165) is 14.3 Å².